The zero-order valence-electron chi connectivity index (χ0n) is 15.8. The maximum atomic E-state index is 12.6. The predicted octanol–water partition coefficient (Wildman–Crippen LogP) is 2.62. The number of carbonyl (C=O) groups excluding carboxylic acids is 1. The summed E-state index contributed by atoms with van der Waals surface area (Å²) in [6, 6.07) is 0. The van der Waals surface area contributed by atoms with Gasteiger partial charge in [0, 0.05) is 43.8 Å². The van der Waals surface area contributed by atoms with Crippen LogP contribution in [0.3, 0.4) is 0 Å². The van der Waals surface area contributed by atoms with E-state index in [1.54, 1.807) is 7.11 Å². The molecule has 1 aromatic heterocycles. The van der Waals surface area contributed by atoms with Crippen LogP contribution >= 0.6 is 0 Å². The van der Waals surface area contributed by atoms with Crippen LogP contribution in [0.1, 0.15) is 48.7 Å². The molecule has 1 saturated heterocycles. The van der Waals surface area contributed by atoms with Crippen LogP contribution in [0.5, 0.6) is 0 Å². The summed E-state index contributed by atoms with van der Waals surface area (Å²) in [5, 5.41) is 0. The molecule has 0 N–H and O–H groups in total. The number of allylic oxidation sites excluding steroid dienone is 2. The molecule has 0 atom stereocenters. The van der Waals surface area contributed by atoms with Gasteiger partial charge >= 0.3 is 0 Å². The van der Waals surface area contributed by atoms with Crippen LogP contribution in [0.2, 0.25) is 0 Å². The van der Waals surface area contributed by atoms with Crippen LogP contribution in [0.25, 0.3) is 0 Å². The number of nitrogens with zero attached hydrogens (tertiary/aromatic N) is 3. The van der Waals surface area contributed by atoms with Gasteiger partial charge in [-0.2, -0.15) is 0 Å². The van der Waals surface area contributed by atoms with Gasteiger partial charge in [-0.1, -0.05) is 12.2 Å². The molecule has 0 bridgehead atoms. The molecule has 1 aliphatic carbocycles. The third-order valence-electron chi connectivity index (χ3n) is 5.26. The molecule has 6 nitrogen and oxygen atoms in total. The van der Waals surface area contributed by atoms with E-state index in [9.17, 15) is 4.79 Å². The van der Waals surface area contributed by atoms with Crippen LogP contribution in [0.15, 0.2) is 18.3 Å². The number of rotatable bonds is 7. The van der Waals surface area contributed by atoms with Crippen molar-refractivity contribution in [1.82, 2.24) is 14.9 Å². The summed E-state index contributed by atoms with van der Waals surface area (Å²) in [6.07, 6.45) is 9.82. The normalized spacial score (nSPS) is 18.6. The van der Waals surface area contributed by atoms with E-state index in [1.165, 1.54) is 0 Å². The Bertz CT molecular complexity index is 631. The fourth-order valence-corrected chi connectivity index (χ4v) is 3.75. The zero-order chi connectivity index (χ0) is 18.4. The Balaban J connectivity index is 1.59. The van der Waals surface area contributed by atoms with Crippen molar-refractivity contribution in [3.63, 3.8) is 0 Å². The third-order valence-corrected chi connectivity index (χ3v) is 5.26. The first-order chi connectivity index (χ1) is 12.7. The number of aryl methyl sites for hydroxylation is 1. The Morgan fingerprint density at radius 1 is 1.23 bits per heavy atom. The molecule has 1 aliphatic heterocycles. The average Bonchev–Trinajstić information content (AvgIpc) is 3.20. The van der Waals surface area contributed by atoms with Crippen LogP contribution in [0, 0.1) is 12.8 Å². The minimum absolute atomic E-state index is 0.164. The minimum atomic E-state index is 0.164. The fourth-order valence-electron chi connectivity index (χ4n) is 3.75. The zero-order valence-corrected chi connectivity index (χ0v) is 15.8. The fraction of sp³-hybridized carbons (Fsp3) is 0.650. The second-order valence-corrected chi connectivity index (χ2v) is 7.11. The molecule has 26 heavy (non-hydrogen) atoms. The summed E-state index contributed by atoms with van der Waals surface area (Å²) in [5.74, 6) is 1.63. The number of piperidine rings is 1. The number of aromatic nitrogens is 2. The van der Waals surface area contributed by atoms with Crippen molar-refractivity contribution in [1.29, 1.82) is 0 Å². The van der Waals surface area contributed by atoms with Crippen LogP contribution in [0.4, 0.5) is 0 Å². The molecular weight excluding hydrogens is 330 g/mol. The molecule has 0 spiro atoms. The lowest BCUT2D eigenvalue weighted by Crippen LogP contribution is -2.41. The molecule has 2 aliphatic rings. The van der Waals surface area contributed by atoms with E-state index < -0.39 is 0 Å². The quantitative estimate of drug-likeness (QED) is 0.553. The molecule has 142 valence electrons. The van der Waals surface area contributed by atoms with Gasteiger partial charge in [0.15, 0.2) is 0 Å². The molecule has 6 heteroatoms. The summed E-state index contributed by atoms with van der Waals surface area (Å²) in [5.41, 5.74) is 2.14. The van der Waals surface area contributed by atoms with E-state index in [1.807, 2.05) is 18.0 Å². The lowest BCUT2D eigenvalue weighted by molar-refractivity contribution is -0.136. The molecule has 0 radical (unpaired) electrons. The minimum Gasteiger partial charge on any atom is -0.382 e. The van der Waals surface area contributed by atoms with Crippen molar-refractivity contribution in [2.45, 2.75) is 45.1 Å². The van der Waals surface area contributed by atoms with E-state index >= 15 is 0 Å². The Labute approximate surface area is 155 Å². The van der Waals surface area contributed by atoms with Gasteiger partial charge in [-0.3, -0.25) is 4.79 Å². The summed E-state index contributed by atoms with van der Waals surface area (Å²) >= 11 is 0. The summed E-state index contributed by atoms with van der Waals surface area (Å²) in [6.45, 7) is 5.20. The topological polar surface area (TPSA) is 64.6 Å². The van der Waals surface area contributed by atoms with Gasteiger partial charge in [-0.05, 0) is 32.6 Å². The molecule has 0 aromatic carbocycles. The van der Waals surface area contributed by atoms with Gasteiger partial charge < -0.3 is 14.4 Å². The monoisotopic (exact) mass is 359 g/mol. The van der Waals surface area contributed by atoms with E-state index in [0.29, 0.717) is 31.6 Å². The highest BCUT2D eigenvalue weighted by atomic mass is 16.5. The second kappa shape index (κ2) is 9.24. The first-order valence-electron chi connectivity index (χ1n) is 9.52. The predicted molar refractivity (Wildman–Crippen MR) is 98.7 cm³/mol. The number of carbonyl (C=O) groups is 1. The van der Waals surface area contributed by atoms with Crippen LogP contribution in [-0.2, 0) is 20.9 Å². The van der Waals surface area contributed by atoms with Crippen molar-refractivity contribution >= 4 is 5.91 Å². The number of hydrogen-bond donors (Lipinski definition) is 0. The van der Waals surface area contributed by atoms with Crippen molar-refractivity contribution in [2.75, 3.05) is 33.4 Å². The Morgan fingerprint density at radius 3 is 2.65 bits per heavy atom. The number of likely N-dealkylation sites (tertiary alicyclic amines) is 1. The summed E-state index contributed by atoms with van der Waals surface area (Å²) in [4.78, 5) is 23.7. The molecule has 1 fully saturated rings. The van der Waals surface area contributed by atoms with Gasteiger partial charge in [0.2, 0.25) is 5.91 Å². The number of amides is 1. The van der Waals surface area contributed by atoms with Crippen LogP contribution < -0.4 is 0 Å². The Morgan fingerprint density at radius 2 is 1.96 bits per heavy atom. The van der Waals surface area contributed by atoms with Gasteiger partial charge in [-0.25, -0.2) is 9.97 Å². The molecule has 0 saturated carbocycles. The average molecular weight is 359 g/mol. The van der Waals surface area contributed by atoms with E-state index in [0.717, 1.165) is 55.9 Å². The molecule has 1 aromatic rings. The molecular formula is C20H29N3O3. The third kappa shape index (κ3) is 4.68. The Hall–Kier alpha value is -1.79. The Kier molecular flexibility index (Phi) is 6.74. The highest BCUT2D eigenvalue weighted by Gasteiger charge is 2.30. The van der Waals surface area contributed by atoms with Gasteiger partial charge in [0.05, 0.1) is 25.5 Å². The summed E-state index contributed by atoms with van der Waals surface area (Å²) < 4.78 is 10.7. The number of hydrogen-bond acceptors (Lipinski definition) is 5. The first kappa shape index (κ1) is 19.0. The lowest BCUT2D eigenvalue weighted by atomic mass is 9.90. The van der Waals surface area contributed by atoms with Crippen molar-refractivity contribution in [2.24, 2.45) is 5.92 Å². The maximum absolute atomic E-state index is 12.6. The smallest absolute Gasteiger partial charge is 0.226 e. The van der Waals surface area contributed by atoms with Crippen molar-refractivity contribution in [3.05, 3.63) is 35.4 Å². The van der Waals surface area contributed by atoms with Gasteiger partial charge in [-0.15, -0.1) is 0 Å². The maximum Gasteiger partial charge on any atom is 0.226 e. The highest BCUT2D eigenvalue weighted by molar-refractivity contribution is 5.79. The molecule has 0 unspecified atom stereocenters. The second-order valence-electron chi connectivity index (χ2n) is 7.11. The SMILES string of the molecule is COCCOCc1cnc(C)nc1C1CCN(C(=O)C2CC=CC2)CC1. The van der Waals surface area contributed by atoms with Gasteiger partial charge in [0.25, 0.3) is 0 Å². The van der Waals surface area contributed by atoms with Crippen molar-refractivity contribution in [3.8, 4) is 0 Å². The van der Waals surface area contributed by atoms with E-state index in [4.69, 9.17) is 14.5 Å². The highest BCUT2D eigenvalue weighted by Crippen LogP contribution is 2.31. The number of ether oxygens (including phenoxy) is 2. The van der Waals surface area contributed by atoms with Gasteiger partial charge in [0.1, 0.15) is 5.82 Å². The standard InChI is InChI=1S/C20H29N3O3/c1-15-21-13-18(14-26-12-11-25-2)19(22-15)16-7-9-23(10-8-16)20(24)17-5-3-4-6-17/h3-4,13,16-17H,5-12,14H2,1-2H3. The van der Waals surface area contributed by atoms with Crippen LogP contribution in [-0.4, -0.2) is 54.2 Å². The first-order valence-corrected chi connectivity index (χ1v) is 9.52. The molecule has 3 rings (SSSR count). The van der Waals surface area contributed by atoms with E-state index in [2.05, 4.69) is 17.1 Å². The lowest BCUT2D eigenvalue weighted by Gasteiger charge is -2.34. The molecule has 1 amide bonds. The summed E-state index contributed by atoms with van der Waals surface area (Å²) in [7, 11) is 1.67. The largest absolute Gasteiger partial charge is 0.382 e. The van der Waals surface area contributed by atoms with Crippen molar-refractivity contribution < 1.29 is 14.3 Å². The number of methoxy groups -OCH3 is 1. The van der Waals surface area contributed by atoms with E-state index in [-0.39, 0.29) is 5.92 Å². The molecule has 2 heterocycles.